The molecule has 0 aromatic heterocycles. The fourth-order valence-corrected chi connectivity index (χ4v) is 2.71. The predicted molar refractivity (Wildman–Crippen MR) is 55.8 cm³/mol. The third-order valence-electron chi connectivity index (χ3n) is 2.58. The predicted octanol–water partition coefficient (Wildman–Crippen LogP) is -0.403. The molecule has 8 heteroatoms. The zero-order chi connectivity index (χ0) is 10.6. The number of likely N-dealkylation sites (N-methyl/N-ethyl adjacent to an activating group) is 2. The molecule has 0 aromatic rings. The minimum Gasteiger partial charge on any atom is -0.302 e. The van der Waals surface area contributed by atoms with Gasteiger partial charge in [-0.25, -0.2) is 23.6 Å². The number of halogens is 1. The van der Waals surface area contributed by atoms with E-state index in [0.717, 1.165) is 5.01 Å². The molecule has 0 spiro atoms. The van der Waals surface area contributed by atoms with Gasteiger partial charge in [-0.05, 0) is 0 Å². The second-order valence-corrected chi connectivity index (χ2v) is 4.37. The molecular weight excluding hydrogens is 301 g/mol. The first-order valence-electron chi connectivity index (χ1n) is 3.99. The van der Waals surface area contributed by atoms with Gasteiger partial charge in [-0.2, -0.15) is 0 Å². The second kappa shape index (κ2) is 2.86. The summed E-state index contributed by atoms with van der Waals surface area (Å²) in [6.45, 7) is 0. The SMILES string of the molecule is CN1C(=O)N(N)C2C1N(C)C(=O)N2I. The average molecular weight is 311 g/mol. The molecule has 2 rings (SSSR count). The van der Waals surface area contributed by atoms with E-state index in [9.17, 15) is 9.59 Å². The van der Waals surface area contributed by atoms with Gasteiger partial charge in [0.15, 0.2) is 12.3 Å². The molecule has 2 unspecified atom stereocenters. The molecule has 0 radical (unpaired) electrons. The van der Waals surface area contributed by atoms with Gasteiger partial charge in [0.1, 0.15) is 0 Å². The van der Waals surface area contributed by atoms with Crippen molar-refractivity contribution in [2.24, 2.45) is 5.84 Å². The van der Waals surface area contributed by atoms with Crippen LogP contribution in [0.1, 0.15) is 0 Å². The molecule has 4 amide bonds. The van der Waals surface area contributed by atoms with Crippen LogP contribution in [0.3, 0.4) is 0 Å². The lowest BCUT2D eigenvalue weighted by atomic mass is 10.4. The maximum Gasteiger partial charge on any atom is 0.337 e. The number of nitrogens with zero attached hydrogens (tertiary/aromatic N) is 4. The van der Waals surface area contributed by atoms with Gasteiger partial charge in [-0.15, -0.1) is 0 Å². The Hall–Kier alpha value is -0.770. The molecule has 2 heterocycles. The Morgan fingerprint density at radius 3 is 2.14 bits per heavy atom. The van der Waals surface area contributed by atoms with Gasteiger partial charge in [-0.3, -0.25) is 0 Å². The van der Waals surface area contributed by atoms with Crippen molar-refractivity contribution in [2.75, 3.05) is 14.1 Å². The Morgan fingerprint density at radius 1 is 1.14 bits per heavy atom. The van der Waals surface area contributed by atoms with Gasteiger partial charge in [0.2, 0.25) is 0 Å². The number of hydrazine groups is 1. The largest absolute Gasteiger partial charge is 0.337 e. The Morgan fingerprint density at radius 2 is 1.64 bits per heavy atom. The molecule has 2 aliphatic heterocycles. The topological polar surface area (TPSA) is 73.1 Å². The smallest absolute Gasteiger partial charge is 0.302 e. The quantitative estimate of drug-likeness (QED) is 0.286. The van der Waals surface area contributed by atoms with E-state index in [0.29, 0.717) is 0 Å². The Kier molecular flexibility index (Phi) is 2.00. The summed E-state index contributed by atoms with van der Waals surface area (Å²) < 4.78 is 1.43. The monoisotopic (exact) mass is 311 g/mol. The van der Waals surface area contributed by atoms with Crippen molar-refractivity contribution < 1.29 is 9.59 Å². The summed E-state index contributed by atoms with van der Waals surface area (Å²) >= 11 is 1.87. The Bertz CT molecular complexity index is 257. The van der Waals surface area contributed by atoms with Gasteiger partial charge < -0.3 is 9.80 Å². The fraction of sp³-hybridized carbons (Fsp3) is 0.667. The molecule has 78 valence electrons. The van der Waals surface area contributed by atoms with Crippen LogP contribution in [-0.2, 0) is 0 Å². The van der Waals surface area contributed by atoms with Crippen molar-refractivity contribution >= 4 is 34.9 Å². The van der Waals surface area contributed by atoms with Crippen molar-refractivity contribution in [3.8, 4) is 0 Å². The Labute approximate surface area is 94.8 Å². The van der Waals surface area contributed by atoms with Crippen molar-refractivity contribution in [1.29, 1.82) is 0 Å². The summed E-state index contributed by atoms with van der Waals surface area (Å²) in [6, 6.07) is -0.420. The number of carbonyl (C=O) groups is 2. The molecule has 2 atom stereocenters. The fourth-order valence-electron chi connectivity index (χ4n) is 1.82. The van der Waals surface area contributed by atoms with Crippen molar-refractivity contribution in [3.63, 3.8) is 0 Å². The highest BCUT2D eigenvalue weighted by Crippen LogP contribution is 2.33. The number of hydrogen-bond donors (Lipinski definition) is 1. The molecule has 14 heavy (non-hydrogen) atoms. The van der Waals surface area contributed by atoms with Gasteiger partial charge in [0, 0.05) is 14.1 Å². The minimum atomic E-state index is -0.398. The number of amides is 4. The summed E-state index contributed by atoms with van der Waals surface area (Å²) in [5.74, 6) is 5.59. The summed E-state index contributed by atoms with van der Waals surface area (Å²) in [5.41, 5.74) is 0. The van der Waals surface area contributed by atoms with Crippen LogP contribution in [0.25, 0.3) is 0 Å². The molecule has 2 saturated heterocycles. The van der Waals surface area contributed by atoms with Crippen LogP contribution in [0.2, 0.25) is 0 Å². The highest BCUT2D eigenvalue weighted by molar-refractivity contribution is 14.1. The second-order valence-electron chi connectivity index (χ2n) is 3.33. The van der Waals surface area contributed by atoms with Gasteiger partial charge in [0.25, 0.3) is 0 Å². The highest BCUT2D eigenvalue weighted by atomic mass is 127. The van der Waals surface area contributed by atoms with Crippen LogP contribution in [0, 0.1) is 0 Å². The lowest BCUT2D eigenvalue weighted by Crippen LogP contribution is -2.46. The minimum absolute atomic E-state index is 0.143. The van der Waals surface area contributed by atoms with Crippen LogP contribution in [-0.4, -0.2) is 56.4 Å². The van der Waals surface area contributed by atoms with Crippen LogP contribution >= 0.6 is 22.9 Å². The molecule has 2 N–H and O–H groups in total. The van der Waals surface area contributed by atoms with Crippen LogP contribution in [0.15, 0.2) is 0 Å². The highest BCUT2D eigenvalue weighted by Gasteiger charge is 2.55. The molecule has 2 aliphatic rings. The average Bonchev–Trinajstić information content (AvgIpc) is 2.51. The molecule has 0 aliphatic carbocycles. The normalized spacial score (nSPS) is 32.0. The van der Waals surface area contributed by atoms with E-state index in [1.54, 1.807) is 14.1 Å². The molecule has 0 saturated carbocycles. The van der Waals surface area contributed by atoms with Crippen molar-refractivity contribution in [3.05, 3.63) is 0 Å². The van der Waals surface area contributed by atoms with Crippen LogP contribution in [0.5, 0.6) is 0 Å². The van der Waals surface area contributed by atoms with E-state index in [1.807, 2.05) is 22.9 Å². The number of fused-ring (bicyclic) bond motifs is 1. The summed E-state index contributed by atoms with van der Waals surface area (Å²) in [4.78, 5) is 26.0. The molecular formula is C6H10IN5O2. The van der Waals surface area contributed by atoms with Crippen LogP contribution < -0.4 is 5.84 Å². The van der Waals surface area contributed by atoms with Gasteiger partial charge >= 0.3 is 12.1 Å². The van der Waals surface area contributed by atoms with E-state index in [4.69, 9.17) is 5.84 Å². The van der Waals surface area contributed by atoms with Crippen molar-refractivity contribution in [2.45, 2.75) is 12.3 Å². The zero-order valence-electron chi connectivity index (χ0n) is 7.72. The maximum absolute atomic E-state index is 11.5. The van der Waals surface area contributed by atoms with Crippen LogP contribution in [0.4, 0.5) is 9.59 Å². The number of nitrogens with two attached hydrogens (primary N) is 1. The lowest BCUT2D eigenvalue weighted by Gasteiger charge is -2.21. The molecule has 0 aromatic carbocycles. The summed E-state index contributed by atoms with van der Waals surface area (Å²) in [7, 11) is 3.29. The Balaban J connectivity index is 2.39. The van der Waals surface area contributed by atoms with Gasteiger partial charge in [-0.1, -0.05) is 0 Å². The first-order valence-corrected chi connectivity index (χ1v) is 4.96. The number of rotatable bonds is 0. The third-order valence-corrected chi connectivity index (χ3v) is 3.57. The van der Waals surface area contributed by atoms with Gasteiger partial charge in [0.05, 0.1) is 22.9 Å². The van der Waals surface area contributed by atoms with Crippen molar-refractivity contribution in [1.82, 2.24) is 17.9 Å². The first-order chi connectivity index (χ1) is 6.46. The molecule has 2 fully saturated rings. The van der Waals surface area contributed by atoms with E-state index >= 15 is 0 Å². The first kappa shape index (κ1) is 9.77. The molecule has 7 nitrogen and oxygen atoms in total. The molecule has 0 bridgehead atoms. The van der Waals surface area contributed by atoms with E-state index < -0.39 is 6.17 Å². The zero-order valence-corrected chi connectivity index (χ0v) is 9.87. The maximum atomic E-state index is 11.5. The van der Waals surface area contributed by atoms with E-state index in [-0.39, 0.29) is 18.2 Å². The number of urea groups is 2. The van der Waals surface area contributed by atoms with E-state index in [1.165, 1.54) is 12.9 Å². The lowest BCUT2D eigenvalue weighted by molar-refractivity contribution is 0.160. The summed E-state index contributed by atoms with van der Waals surface area (Å²) in [5, 5.41) is 1.08. The standard InChI is InChI=1S/C6H10IN5O2/c1-9-3-4(11(7)5(9)13)12(8)6(14)10(3)2/h3-4H,8H2,1-2H3. The summed E-state index contributed by atoms with van der Waals surface area (Å²) in [6.07, 6.45) is -0.692. The number of hydrogen-bond acceptors (Lipinski definition) is 3. The number of carbonyl (C=O) groups excluding carboxylic acids is 2. The van der Waals surface area contributed by atoms with E-state index in [2.05, 4.69) is 0 Å². The third kappa shape index (κ3) is 0.947.